The van der Waals surface area contributed by atoms with Crippen molar-refractivity contribution >= 4 is 27.5 Å². The number of hydrogen-bond donors (Lipinski definition) is 2. The molecule has 21 heavy (non-hydrogen) atoms. The summed E-state index contributed by atoms with van der Waals surface area (Å²) in [5.41, 5.74) is 3.18. The molecule has 2 aromatic carbocycles. The molecule has 0 radical (unpaired) electrons. The summed E-state index contributed by atoms with van der Waals surface area (Å²) in [4.78, 5) is 12.0. The second kappa shape index (κ2) is 7.27. The molecule has 0 heterocycles. The predicted octanol–water partition coefficient (Wildman–Crippen LogP) is 4.05. The van der Waals surface area contributed by atoms with Crippen molar-refractivity contribution in [2.24, 2.45) is 0 Å². The highest BCUT2D eigenvalue weighted by Gasteiger charge is 2.09. The Balaban J connectivity index is 1.87. The number of anilines is 1. The number of hydrogen-bond acceptors (Lipinski definition) is 2. The van der Waals surface area contributed by atoms with E-state index in [1.807, 2.05) is 62.4 Å². The second-order valence-electron chi connectivity index (χ2n) is 5.01. The van der Waals surface area contributed by atoms with Crippen molar-refractivity contribution in [1.29, 1.82) is 0 Å². The monoisotopic (exact) mass is 346 g/mol. The molecule has 1 unspecified atom stereocenters. The van der Waals surface area contributed by atoms with E-state index in [2.05, 4.69) is 26.6 Å². The van der Waals surface area contributed by atoms with E-state index in [1.165, 1.54) is 0 Å². The third kappa shape index (κ3) is 4.60. The van der Waals surface area contributed by atoms with Gasteiger partial charge in [-0.25, -0.2) is 0 Å². The summed E-state index contributed by atoms with van der Waals surface area (Å²) < 4.78 is 1.03. The van der Waals surface area contributed by atoms with Gasteiger partial charge in [-0.05, 0) is 43.2 Å². The van der Waals surface area contributed by atoms with Crippen molar-refractivity contribution in [2.45, 2.75) is 19.9 Å². The standard InChI is InChI=1S/C17H19BrN2O/c1-12-10-15(18)8-9-16(12)19-11-17(21)20-13(2)14-6-4-3-5-7-14/h3-10,13,19H,11H2,1-2H3,(H,20,21). The topological polar surface area (TPSA) is 41.1 Å². The maximum atomic E-state index is 12.0. The van der Waals surface area contributed by atoms with Gasteiger partial charge in [0, 0.05) is 10.2 Å². The van der Waals surface area contributed by atoms with Crippen LogP contribution in [0.5, 0.6) is 0 Å². The van der Waals surface area contributed by atoms with Gasteiger partial charge < -0.3 is 10.6 Å². The molecule has 0 aliphatic heterocycles. The second-order valence-corrected chi connectivity index (χ2v) is 5.93. The van der Waals surface area contributed by atoms with Gasteiger partial charge in [-0.1, -0.05) is 46.3 Å². The molecular weight excluding hydrogens is 328 g/mol. The van der Waals surface area contributed by atoms with E-state index in [4.69, 9.17) is 0 Å². The van der Waals surface area contributed by atoms with Crippen molar-refractivity contribution < 1.29 is 4.79 Å². The van der Waals surface area contributed by atoms with Crippen LogP contribution in [0.3, 0.4) is 0 Å². The van der Waals surface area contributed by atoms with E-state index in [-0.39, 0.29) is 18.5 Å². The quantitative estimate of drug-likeness (QED) is 0.857. The Labute approximate surface area is 133 Å². The van der Waals surface area contributed by atoms with Crippen molar-refractivity contribution in [3.05, 3.63) is 64.1 Å². The van der Waals surface area contributed by atoms with Crippen LogP contribution < -0.4 is 10.6 Å². The summed E-state index contributed by atoms with van der Waals surface area (Å²) in [5.74, 6) is -0.0197. The Bertz CT molecular complexity index is 613. The largest absolute Gasteiger partial charge is 0.376 e. The summed E-state index contributed by atoms with van der Waals surface area (Å²) in [6.45, 7) is 4.26. The van der Waals surface area contributed by atoms with Crippen LogP contribution in [0.25, 0.3) is 0 Å². The maximum Gasteiger partial charge on any atom is 0.239 e. The van der Waals surface area contributed by atoms with E-state index in [1.54, 1.807) is 0 Å². The number of carbonyl (C=O) groups is 1. The van der Waals surface area contributed by atoms with Crippen LogP contribution in [-0.2, 0) is 4.79 Å². The zero-order valence-electron chi connectivity index (χ0n) is 12.2. The van der Waals surface area contributed by atoms with Gasteiger partial charge in [0.1, 0.15) is 0 Å². The SMILES string of the molecule is Cc1cc(Br)ccc1NCC(=O)NC(C)c1ccccc1. The number of nitrogens with one attached hydrogen (secondary N) is 2. The molecule has 3 nitrogen and oxygen atoms in total. The molecular formula is C17H19BrN2O. The van der Waals surface area contributed by atoms with E-state index in [0.29, 0.717) is 0 Å². The van der Waals surface area contributed by atoms with Gasteiger partial charge in [0.2, 0.25) is 5.91 Å². The van der Waals surface area contributed by atoms with Crippen LogP contribution in [0.1, 0.15) is 24.1 Å². The summed E-state index contributed by atoms with van der Waals surface area (Å²) in [5, 5.41) is 6.15. The molecule has 1 amide bonds. The van der Waals surface area contributed by atoms with E-state index in [0.717, 1.165) is 21.3 Å². The van der Waals surface area contributed by atoms with Gasteiger partial charge in [-0.3, -0.25) is 4.79 Å². The molecule has 1 atom stereocenters. The van der Waals surface area contributed by atoms with Crippen LogP contribution in [0, 0.1) is 6.92 Å². The van der Waals surface area contributed by atoms with Crippen molar-refractivity contribution in [2.75, 3.05) is 11.9 Å². The highest BCUT2D eigenvalue weighted by atomic mass is 79.9. The van der Waals surface area contributed by atoms with Gasteiger partial charge in [-0.15, -0.1) is 0 Å². The van der Waals surface area contributed by atoms with Crippen LogP contribution in [0.4, 0.5) is 5.69 Å². The number of carbonyl (C=O) groups excluding carboxylic acids is 1. The Morgan fingerprint density at radius 3 is 2.57 bits per heavy atom. The molecule has 2 N–H and O–H groups in total. The zero-order valence-corrected chi connectivity index (χ0v) is 13.8. The number of rotatable bonds is 5. The average Bonchev–Trinajstić information content (AvgIpc) is 2.47. The summed E-state index contributed by atoms with van der Waals surface area (Å²) in [6, 6.07) is 15.9. The lowest BCUT2D eigenvalue weighted by atomic mass is 10.1. The lowest BCUT2D eigenvalue weighted by Crippen LogP contribution is -2.32. The fourth-order valence-corrected chi connectivity index (χ4v) is 2.59. The summed E-state index contributed by atoms with van der Waals surface area (Å²) in [6.07, 6.45) is 0. The van der Waals surface area contributed by atoms with Crippen LogP contribution >= 0.6 is 15.9 Å². The third-order valence-corrected chi connectivity index (χ3v) is 3.80. The van der Waals surface area contributed by atoms with E-state index < -0.39 is 0 Å². The minimum Gasteiger partial charge on any atom is -0.376 e. The van der Waals surface area contributed by atoms with Gasteiger partial charge >= 0.3 is 0 Å². The molecule has 110 valence electrons. The van der Waals surface area contributed by atoms with Crippen molar-refractivity contribution in [1.82, 2.24) is 5.32 Å². The Hall–Kier alpha value is -1.81. The molecule has 0 spiro atoms. The molecule has 0 aliphatic carbocycles. The molecule has 4 heteroatoms. The molecule has 0 saturated carbocycles. The number of benzene rings is 2. The van der Waals surface area contributed by atoms with Gasteiger partial charge in [0.25, 0.3) is 0 Å². The first kappa shape index (κ1) is 15.6. The Kier molecular flexibility index (Phi) is 5.39. The third-order valence-electron chi connectivity index (χ3n) is 3.30. The van der Waals surface area contributed by atoms with E-state index in [9.17, 15) is 4.79 Å². The minimum absolute atomic E-state index is 0.00603. The lowest BCUT2D eigenvalue weighted by Gasteiger charge is -2.15. The number of amides is 1. The molecule has 0 saturated heterocycles. The molecule has 2 aromatic rings. The van der Waals surface area contributed by atoms with Crippen LogP contribution in [-0.4, -0.2) is 12.5 Å². The highest BCUT2D eigenvalue weighted by molar-refractivity contribution is 9.10. The molecule has 0 fully saturated rings. The highest BCUT2D eigenvalue weighted by Crippen LogP contribution is 2.19. The number of aryl methyl sites for hydroxylation is 1. The predicted molar refractivity (Wildman–Crippen MR) is 90.4 cm³/mol. The van der Waals surface area contributed by atoms with Crippen LogP contribution in [0.15, 0.2) is 53.0 Å². The maximum absolute atomic E-state index is 12.0. The Morgan fingerprint density at radius 2 is 1.90 bits per heavy atom. The van der Waals surface area contributed by atoms with Crippen molar-refractivity contribution in [3.63, 3.8) is 0 Å². The Morgan fingerprint density at radius 1 is 1.19 bits per heavy atom. The van der Waals surface area contributed by atoms with E-state index >= 15 is 0 Å². The van der Waals surface area contributed by atoms with Crippen molar-refractivity contribution in [3.8, 4) is 0 Å². The average molecular weight is 347 g/mol. The normalized spacial score (nSPS) is 11.8. The molecule has 0 bridgehead atoms. The number of halogens is 1. The van der Waals surface area contributed by atoms with Gasteiger partial charge in [-0.2, -0.15) is 0 Å². The summed E-state index contributed by atoms with van der Waals surface area (Å²) >= 11 is 3.43. The molecule has 2 rings (SSSR count). The van der Waals surface area contributed by atoms with Crippen LogP contribution in [0.2, 0.25) is 0 Å². The molecule has 0 aromatic heterocycles. The minimum atomic E-state index is -0.0197. The van der Waals surface area contributed by atoms with Gasteiger partial charge in [0.05, 0.1) is 12.6 Å². The zero-order chi connectivity index (χ0) is 15.2. The van der Waals surface area contributed by atoms with Gasteiger partial charge in [0.15, 0.2) is 0 Å². The fourth-order valence-electron chi connectivity index (χ4n) is 2.12. The molecule has 0 aliphatic rings. The smallest absolute Gasteiger partial charge is 0.239 e. The fraction of sp³-hybridized carbons (Fsp3) is 0.235. The summed E-state index contributed by atoms with van der Waals surface area (Å²) in [7, 11) is 0. The first-order valence-electron chi connectivity index (χ1n) is 6.90. The first-order chi connectivity index (χ1) is 10.1. The lowest BCUT2D eigenvalue weighted by molar-refractivity contribution is -0.120. The first-order valence-corrected chi connectivity index (χ1v) is 7.70.